The van der Waals surface area contributed by atoms with Crippen LogP contribution in [0.25, 0.3) is 0 Å². The standard InChI is InChI=1S/C15H24N4/c1-12(16)13-5-6-15(17-10-13)19-9-8-18-7-3-2-4-14(18)11-19/h5-6,10,12,14H,2-4,7-9,11,16H2,1H3/t12-,14?/m0/s1. The molecule has 0 bridgehead atoms. The maximum Gasteiger partial charge on any atom is 0.128 e. The smallest absolute Gasteiger partial charge is 0.128 e. The van der Waals surface area contributed by atoms with Gasteiger partial charge < -0.3 is 10.6 Å². The zero-order chi connectivity index (χ0) is 13.2. The Labute approximate surface area is 115 Å². The summed E-state index contributed by atoms with van der Waals surface area (Å²) < 4.78 is 0. The number of aromatic nitrogens is 1. The molecule has 0 aromatic carbocycles. The van der Waals surface area contributed by atoms with E-state index in [0.717, 1.165) is 30.5 Å². The number of pyridine rings is 1. The normalized spacial score (nSPS) is 26.0. The van der Waals surface area contributed by atoms with Crippen LogP contribution in [0.3, 0.4) is 0 Å². The highest BCUT2D eigenvalue weighted by molar-refractivity contribution is 5.40. The van der Waals surface area contributed by atoms with E-state index in [1.54, 1.807) is 0 Å². The van der Waals surface area contributed by atoms with Crippen LogP contribution in [0.5, 0.6) is 0 Å². The lowest BCUT2D eigenvalue weighted by atomic mass is 9.99. The van der Waals surface area contributed by atoms with E-state index in [1.807, 2.05) is 13.1 Å². The summed E-state index contributed by atoms with van der Waals surface area (Å²) in [6.07, 6.45) is 6.02. The van der Waals surface area contributed by atoms with Gasteiger partial charge in [0.25, 0.3) is 0 Å². The van der Waals surface area contributed by atoms with Crippen LogP contribution in [-0.2, 0) is 0 Å². The summed E-state index contributed by atoms with van der Waals surface area (Å²) in [4.78, 5) is 9.67. The van der Waals surface area contributed by atoms with E-state index < -0.39 is 0 Å². The van der Waals surface area contributed by atoms with Gasteiger partial charge in [0.1, 0.15) is 5.82 Å². The Balaban J connectivity index is 1.69. The van der Waals surface area contributed by atoms with E-state index in [0.29, 0.717) is 0 Å². The summed E-state index contributed by atoms with van der Waals surface area (Å²) in [6.45, 7) is 6.69. The van der Waals surface area contributed by atoms with Gasteiger partial charge in [-0.3, -0.25) is 4.90 Å². The van der Waals surface area contributed by atoms with Crippen LogP contribution in [0.1, 0.15) is 37.8 Å². The average Bonchev–Trinajstić information content (AvgIpc) is 2.47. The molecule has 19 heavy (non-hydrogen) atoms. The first-order valence-corrected chi connectivity index (χ1v) is 7.44. The van der Waals surface area contributed by atoms with E-state index in [1.165, 1.54) is 32.4 Å². The average molecular weight is 260 g/mol. The number of piperidine rings is 1. The van der Waals surface area contributed by atoms with Crippen molar-refractivity contribution in [1.29, 1.82) is 0 Å². The molecule has 2 aliphatic rings. The van der Waals surface area contributed by atoms with Crippen molar-refractivity contribution in [3.63, 3.8) is 0 Å². The number of rotatable bonds is 2. The van der Waals surface area contributed by atoms with Crippen molar-refractivity contribution in [2.45, 2.75) is 38.3 Å². The first kappa shape index (κ1) is 12.9. The SMILES string of the molecule is C[C@H](N)c1ccc(N2CCN3CCCCC3C2)nc1. The molecule has 2 fully saturated rings. The van der Waals surface area contributed by atoms with Crippen molar-refractivity contribution in [2.24, 2.45) is 5.73 Å². The molecule has 3 heterocycles. The Morgan fingerprint density at radius 1 is 1.26 bits per heavy atom. The van der Waals surface area contributed by atoms with Gasteiger partial charge in [-0.15, -0.1) is 0 Å². The van der Waals surface area contributed by atoms with Gasteiger partial charge in [0.15, 0.2) is 0 Å². The third kappa shape index (κ3) is 2.74. The Bertz CT molecular complexity index is 415. The lowest BCUT2D eigenvalue weighted by Crippen LogP contribution is -2.55. The molecular weight excluding hydrogens is 236 g/mol. The molecule has 2 saturated heterocycles. The molecule has 4 heteroatoms. The van der Waals surface area contributed by atoms with E-state index in [2.05, 4.69) is 26.9 Å². The number of fused-ring (bicyclic) bond motifs is 1. The highest BCUT2D eigenvalue weighted by Crippen LogP contribution is 2.24. The predicted molar refractivity (Wildman–Crippen MR) is 78.3 cm³/mol. The largest absolute Gasteiger partial charge is 0.354 e. The second-order valence-electron chi connectivity index (χ2n) is 5.87. The van der Waals surface area contributed by atoms with Crippen LogP contribution in [0.2, 0.25) is 0 Å². The lowest BCUT2D eigenvalue weighted by Gasteiger charge is -2.44. The third-order valence-corrected chi connectivity index (χ3v) is 4.46. The minimum atomic E-state index is 0.0664. The van der Waals surface area contributed by atoms with Gasteiger partial charge in [-0.05, 0) is 37.9 Å². The molecule has 2 atom stereocenters. The third-order valence-electron chi connectivity index (χ3n) is 4.46. The van der Waals surface area contributed by atoms with Crippen LogP contribution in [0, 0.1) is 0 Å². The van der Waals surface area contributed by atoms with Crippen molar-refractivity contribution in [2.75, 3.05) is 31.1 Å². The van der Waals surface area contributed by atoms with E-state index in [4.69, 9.17) is 5.73 Å². The topological polar surface area (TPSA) is 45.4 Å². The van der Waals surface area contributed by atoms with Crippen molar-refractivity contribution in [1.82, 2.24) is 9.88 Å². The summed E-state index contributed by atoms with van der Waals surface area (Å²) in [5.41, 5.74) is 6.98. The van der Waals surface area contributed by atoms with Gasteiger partial charge in [-0.25, -0.2) is 4.98 Å². The number of piperazine rings is 1. The molecular formula is C15H24N4. The molecule has 4 nitrogen and oxygen atoms in total. The highest BCUT2D eigenvalue weighted by Gasteiger charge is 2.29. The maximum absolute atomic E-state index is 5.87. The van der Waals surface area contributed by atoms with Crippen LogP contribution in [-0.4, -0.2) is 42.1 Å². The summed E-state index contributed by atoms with van der Waals surface area (Å²) in [6, 6.07) is 5.03. The summed E-state index contributed by atoms with van der Waals surface area (Å²) in [5.74, 6) is 1.11. The fourth-order valence-corrected chi connectivity index (χ4v) is 3.22. The molecule has 0 spiro atoms. The molecule has 1 unspecified atom stereocenters. The van der Waals surface area contributed by atoms with Gasteiger partial charge in [0.2, 0.25) is 0 Å². The maximum atomic E-state index is 5.87. The van der Waals surface area contributed by atoms with Crippen molar-refractivity contribution < 1.29 is 0 Å². The van der Waals surface area contributed by atoms with E-state index >= 15 is 0 Å². The summed E-state index contributed by atoms with van der Waals surface area (Å²) >= 11 is 0. The van der Waals surface area contributed by atoms with Crippen LogP contribution < -0.4 is 10.6 Å². The lowest BCUT2D eigenvalue weighted by molar-refractivity contribution is 0.133. The molecule has 0 aliphatic carbocycles. The summed E-state index contributed by atoms with van der Waals surface area (Å²) in [5, 5.41) is 0. The van der Waals surface area contributed by atoms with Crippen molar-refractivity contribution in [3.8, 4) is 0 Å². The Morgan fingerprint density at radius 3 is 2.89 bits per heavy atom. The Kier molecular flexibility index (Phi) is 3.71. The Hall–Kier alpha value is -1.13. The second-order valence-corrected chi connectivity index (χ2v) is 5.87. The molecule has 0 amide bonds. The fourth-order valence-electron chi connectivity index (χ4n) is 3.22. The van der Waals surface area contributed by atoms with Gasteiger partial charge in [0, 0.05) is 37.9 Å². The zero-order valence-corrected chi connectivity index (χ0v) is 11.8. The monoisotopic (exact) mass is 260 g/mol. The minimum absolute atomic E-state index is 0.0664. The first-order chi connectivity index (χ1) is 9.24. The molecule has 2 N–H and O–H groups in total. The number of anilines is 1. The first-order valence-electron chi connectivity index (χ1n) is 7.44. The number of nitrogens with zero attached hydrogens (tertiary/aromatic N) is 3. The zero-order valence-electron chi connectivity index (χ0n) is 11.8. The van der Waals surface area contributed by atoms with Crippen LogP contribution in [0.15, 0.2) is 18.3 Å². The van der Waals surface area contributed by atoms with Gasteiger partial charge >= 0.3 is 0 Å². The second kappa shape index (κ2) is 5.47. The van der Waals surface area contributed by atoms with Crippen molar-refractivity contribution >= 4 is 5.82 Å². The van der Waals surface area contributed by atoms with Crippen LogP contribution >= 0.6 is 0 Å². The predicted octanol–water partition coefficient (Wildman–Crippen LogP) is 1.78. The van der Waals surface area contributed by atoms with Gasteiger partial charge in [-0.2, -0.15) is 0 Å². The molecule has 1 aromatic rings. The molecule has 1 aromatic heterocycles. The quantitative estimate of drug-likeness (QED) is 0.880. The fraction of sp³-hybridized carbons (Fsp3) is 0.667. The molecule has 3 rings (SSSR count). The molecule has 0 saturated carbocycles. The van der Waals surface area contributed by atoms with E-state index in [9.17, 15) is 0 Å². The molecule has 0 radical (unpaired) electrons. The molecule has 104 valence electrons. The molecule has 2 aliphatic heterocycles. The summed E-state index contributed by atoms with van der Waals surface area (Å²) in [7, 11) is 0. The minimum Gasteiger partial charge on any atom is -0.354 e. The number of nitrogens with two attached hydrogens (primary N) is 1. The van der Waals surface area contributed by atoms with E-state index in [-0.39, 0.29) is 6.04 Å². The number of hydrogen-bond donors (Lipinski definition) is 1. The highest BCUT2D eigenvalue weighted by atomic mass is 15.3. The van der Waals surface area contributed by atoms with Gasteiger partial charge in [0.05, 0.1) is 0 Å². The van der Waals surface area contributed by atoms with Crippen LogP contribution in [0.4, 0.5) is 5.82 Å². The van der Waals surface area contributed by atoms with Crippen molar-refractivity contribution in [3.05, 3.63) is 23.9 Å². The van der Waals surface area contributed by atoms with Gasteiger partial charge in [-0.1, -0.05) is 12.5 Å². The number of hydrogen-bond acceptors (Lipinski definition) is 4. The Morgan fingerprint density at radius 2 is 2.16 bits per heavy atom.